The molecule has 1 aliphatic heterocycles. The Kier molecular flexibility index (Phi) is 5.52. The summed E-state index contributed by atoms with van der Waals surface area (Å²) in [6.07, 6.45) is 5.10. The van der Waals surface area contributed by atoms with Gasteiger partial charge in [0, 0.05) is 12.3 Å². The molecule has 1 saturated heterocycles. The normalized spacial score (nSPS) is 27.9. The molecule has 0 radical (unpaired) electrons. The number of likely N-dealkylation sites (tertiary alicyclic amines) is 1. The number of allylic oxidation sites excluding steroid dienone is 1. The average molecular weight is 281 g/mol. The van der Waals surface area contributed by atoms with Crippen molar-refractivity contribution in [3.05, 3.63) is 12.2 Å². The molecule has 0 spiro atoms. The van der Waals surface area contributed by atoms with Gasteiger partial charge in [0.2, 0.25) is 0 Å². The molecule has 1 heteroatoms. The molecule has 0 aromatic carbocycles. The summed E-state index contributed by atoms with van der Waals surface area (Å²) in [5.74, 6) is 0.873. The van der Waals surface area contributed by atoms with Crippen LogP contribution in [0.2, 0.25) is 0 Å². The molecular weight excluding hydrogens is 242 g/mol. The molecule has 0 aromatic heterocycles. The van der Waals surface area contributed by atoms with E-state index in [9.17, 15) is 0 Å². The summed E-state index contributed by atoms with van der Waals surface area (Å²) in [4.78, 5) is 0. The van der Waals surface area contributed by atoms with Crippen molar-refractivity contribution < 1.29 is 4.48 Å². The van der Waals surface area contributed by atoms with Gasteiger partial charge in [-0.2, -0.15) is 0 Å². The van der Waals surface area contributed by atoms with Crippen molar-refractivity contribution in [3.8, 4) is 0 Å². The third-order valence-corrected chi connectivity index (χ3v) is 4.85. The highest BCUT2D eigenvalue weighted by molar-refractivity contribution is 5.01. The minimum absolute atomic E-state index is 0.386. The highest BCUT2D eigenvalue weighted by Crippen LogP contribution is 2.39. The number of hydrogen-bond acceptors (Lipinski definition) is 0. The van der Waals surface area contributed by atoms with Crippen LogP contribution in [0.5, 0.6) is 0 Å². The highest BCUT2D eigenvalue weighted by Gasteiger charge is 2.34. The van der Waals surface area contributed by atoms with Gasteiger partial charge in [-0.1, -0.05) is 46.8 Å². The van der Waals surface area contributed by atoms with Crippen LogP contribution in [0.15, 0.2) is 12.2 Å². The predicted molar refractivity (Wildman–Crippen MR) is 90.8 cm³/mol. The van der Waals surface area contributed by atoms with E-state index in [1.54, 1.807) is 0 Å². The van der Waals surface area contributed by atoms with Gasteiger partial charge in [-0.25, -0.2) is 0 Å². The molecule has 2 atom stereocenters. The fourth-order valence-corrected chi connectivity index (χ4v) is 4.41. The minimum atomic E-state index is 0.386. The van der Waals surface area contributed by atoms with Crippen LogP contribution in [-0.2, 0) is 0 Å². The zero-order valence-corrected chi connectivity index (χ0v) is 15.2. The molecule has 0 bridgehead atoms. The maximum Gasteiger partial charge on any atom is 0.0818 e. The highest BCUT2D eigenvalue weighted by atomic mass is 15.3. The van der Waals surface area contributed by atoms with Gasteiger partial charge in [0.25, 0.3) is 0 Å². The van der Waals surface area contributed by atoms with Gasteiger partial charge in [0.05, 0.1) is 26.7 Å². The fourth-order valence-electron chi connectivity index (χ4n) is 4.41. The van der Waals surface area contributed by atoms with Gasteiger partial charge in [0.15, 0.2) is 0 Å². The van der Waals surface area contributed by atoms with Crippen molar-refractivity contribution in [2.75, 3.05) is 26.7 Å². The van der Waals surface area contributed by atoms with Crippen LogP contribution < -0.4 is 0 Å². The summed E-state index contributed by atoms with van der Waals surface area (Å²) in [5.41, 5.74) is 2.28. The number of quaternary nitrogens is 1. The summed E-state index contributed by atoms with van der Waals surface area (Å²) in [6.45, 7) is 22.6. The van der Waals surface area contributed by atoms with E-state index < -0.39 is 0 Å². The van der Waals surface area contributed by atoms with Crippen LogP contribution in [-0.4, -0.2) is 31.2 Å². The molecule has 1 heterocycles. The lowest BCUT2D eigenvalue weighted by Gasteiger charge is -2.33. The average Bonchev–Trinajstić information content (AvgIpc) is 2.56. The van der Waals surface area contributed by atoms with E-state index in [0.29, 0.717) is 10.8 Å². The standard InChI is InChI=1S/C19H38N/c1-9-20(8)11-10-17(14-20)12-16(2)13-19(6,7)15-18(3,4)5/h17H,2,9-15H2,1,3-8H3/q+1. The van der Waals surface area contributed by atoms with E-state index in [-0.39, 0.29) is 0 Å². The Morgan fingerprint density at radius 2 is 1.80 bits per heavy atom. The predicted octanol–water partition coefficient (Wildman–Crippen LogP) is 5.27. The van der Waals surface area contributed by atoms with Crippen molar-refractivity contribution in [1.29, 1.82) is 0 Å². The van der Waals surface area contributed by atoms with E-state index in [1.165, 1.54) is 55.4 Å². The third-order valence-electron chi connectivity index (χ3n) is 4.85. The number of nitrogens with zero attached hydrogens (tertiary/aromatic N) is 1. The van der Waals surface area contributed by atoms with Gasteiger partial charge < -0.3 is 4.48 Å². The van der Waals surface area contributed by atoms with Crippen LogP contribution in [0, 0.1) is 16.7 Å². The summed E-state index contributed by atoms with van der Waals surface area (Å²) in [5, 5.41) is 0. The lowest BCUT2D eigenvalue weighted by molar-refractivity contribution is -0.897. The molecule has 0 aromatic rings. The SMILES string of the molecule is C=C(CC1CC[N+](C)(CC)C1)CC(C)(C)CC(C)(C)C. The van der Waals surface area contributed by atoms with Gasteiger partial charge in [-0.15, -0.1) is 0 Å². The molecule has 0 N–H and O–H groups in total. The quantitative estimate of drug-likeness (QED) is 0.459. The van der Waals surface area contributed by atoms with Gasteiger partial charge in [0.1, 0.15) is 0 Å². The Hall–Kier alpha value is -0.300. The summed E-state index contributed by atoms with van der Waals surface area (Å²) in [6, 6.07) is 0. The van der Waals surface area contributed by atoms with Crippen molar-refractivity contribution in [2.45, 2.75) is 67.2 Å². The second kappa shape index (κ2) is 6.22. The first-order valence-electron chi connectivity index (χ1n) is 8.45. The molecule has 0 aliphatic carbocycles. The van der Waals surface area contributed by atoms with Crippen molar-refractivity contribution in [3.63, 3.8) is 0 Å². The Balaban J connectivity index is 2.45. The molecular formula is C19H38N+. The van der Waals surface area contributed by atoms with E-state index >= 15 is 0 Å². The maximum atomic E-state index is 4.40. The lowest BCUT2D eigenvalue weighted by atomic mass is 9.72. The first-order valence-corrected chi connectivity index (χ1v) is 8.45. The van der Waals surface area contributed by atoms with Crippen LogP contribution in [0.25, 0.3) is 0 Å². The zero-order chi connectivity index (χ0) is 15.6. The van der Waals surface area contributed by atoms with Crippen LogP contribution in [0.3, 0.4) is 0 Å². The van der Waals surface area contributed by atoms with Gasteiger partial charge in [-0.05, 0) is 37.0 Å². The molecule has 0 amide bonds. The summed E-state index contributed by atoms with van der Waals surface area (Å²) >= 11 is 0. The maximum absolute atomic E-state index is 4.40. The van der Waals surface area contributed by atoms with Crippen LogP contribution >= 0.6 is 0 Å². The molecule has 1 aliphatic rings. The van der Waals surface area contributed by atoms with Crippen LogP contribution in [0.4, 0.5) is 0 Å². The second-order valence-corrected chi connectivity index (χ2v) is 9.53. The Bertz CT molecular complexity index is 334. The molecule has 0 saturated carbocycles. The fraction of sp³-hybridized carbons (Fsp3) is 0.895. The van der Waals surface area contributed by atoms with Crippen molar-refractivity contribution in [2.24, 2.45) is 16.7 Å². The Morgan fingerprint density at radius 1 is 1.20 bits per heavy atom. The van der Waals surface area contributed by atoms with Crippen molar-refractivity contribution >= 4 is 0 Å². The molecule has 1 nitrogen and oxygen atoms in total. The third kappa shape index (κ3) is 5.99. The summed E-state index contributed by atoms with van der Waals surface area (Å²) < 4.78 is 1.27. The van der Waals surface area contributed by atoms with Gasteiger partial charge >= 0.3 is 0 Å². The number of hydrogen-bond donors (Lipinski definition) is 0. The topological polar surface area (TPSA) is 0 Å². The number of rotatable bonds is 6. The van der Waals surface area contributed by atoms with Gasteiger partial charge in [-0.3, -0.25) is 0 Å². The first-order chi connectivity index (χ1) is 8.95. The van der Waals surface area contributed by atoms with Crippen molar-refractivity contribution in [1.82, 2.24) is 0 Å². The molecule has 20 heavy (non-hydrogen) atoms. The zero-order valence-electron chi connectivity index (χ0n) is 15.2. The Labute approximate surface area is 128 Å². The molecule has 2 unspecified atom stereocenters. The van der Waals surface area contributed by atoms with Crippen LogP contribution in [0.1, 0.15) is 67.2 Å². The Morgan fingerprint density at radius 3 is 2.25 bits per heavy atom. The summed E-state index contributed by atoms with van der Waals surface area (Å²) in [7, 11) is 2.41. The second-order valence-electron chi connectivity index (χ2n) is 9.53. The first kappa shape index (κ1) is 17.8. The van der Waals surface area contributed by atoms with E-state index in [4.69, 9.17) is 0 Å². The van der Waals surface area contributed by atoms with E-state index in [2.05, 4.69) is 55.2 Å². The van der Waals surface area contributed by atoms with E-state index in [1.807, 2.05) is 0 Å². The smallest absolute Gasteiger partial charge is 0.0818 e. The molecule has 1 fully saturated rings. The molecule has 118 valence electrons. The van der Waals surface area contributed by atoms with E-state index in [0.717, 1.165) is 5.92 Å². The molecule has 1 rings (SSSR count). The minimum Gasteiger partial charge on any atom is -0.326 e. The largest absolute Gasteiger partial charge is 0.326 e. The lowest BCUT2D eigenvalue weighted by Crippen LogP contribution is -2.41. The monoisotopic (exact) mass is 280 g/mol.